The summed E-state index contributed by atoms with van der Waals surface area (Å²) in [6, 6.07) is 9.99. The van der Waals surface area contributed by atoms with Gasteiger partial charge in [-0.1, -0.05) is 18.2 Å². The number of fused-ring (bicyclic) bond motifs is 1. The van der Waals surface area contributed by atoms with Gasteiger partial charge >= 0.3 is 10.3 Å². The third-order valence-electron chi connectivity index (χ3n) is 2.17. The van der Waals surface area contributed by atoms with Gasteiger partial charge in [0.1, 0.15) is 5.52 Å². The molecule has 3 N–H and O–H groups in total. The molecule has 0 fully saturated rings. The number of hydrogen-bond acceptors (Lipinski definition) is 5. The third-order valence-corrected chi connectivity index (χ3v) is 2.66. The van der Waals surface area contributed by atoms with E-state index < -0.39 is 10.3 Å². The van der Waals surface area contributed by atoms with Gasteiger partial charge in [-0.3, -0.25) is 9.27 Å². The van der Waals surface area contributed by atoms with Crippen LogP contribution >= 0.6 is 0 Å². The molecule has 0 saturated carbocycles. The Balaban J connectivity index is 0.000000149. The summed E-state index contributed by atoms with van der Waals surface area (Å²) in [6.07, 6.45) is 3.45. The number of nitrogens with zero attached hydrogens (tertiary/aromatic N) is 3. The van der Waals surface area contributed by atoms with Gasteiger partial charge in [0.15, 0.2) is 0 Å². The van der Waals surface area contributed by atoms with E-state index in [9.17, 15) is 8.42 Å². The van der Waals surface area contributed by atoms with Crippen molar-refractivity contribution in [1.82, 2.24) is 20.4 Å². The van der Waals surface area contributed by atoms with E-state index in [0.29, 0.717) is 5.69 Å². The normalized spacial score (nSPS) is 10.7. The predicted molar refractivity (Wildman–Crippen MR) is 73.3 cm³/mol. The molecule has 0 bridgehead atoms. The number of para-hydroxylation sites is 1. The second kappa shape index (κ2) is 6.08. The van der Waals surface area contributed by atoms with Crippen LogP contribution in [0.5, 0.6) is 0 Å². The molecule has 0 aliphatic heterocycles. The van der Waals surface area contributed by atoms with Crippen LogP contribution in [0.25, 0.3) is 11.0 Å². The molecule has 0 aliphatic rings. The first-order valence-corrected chi connectivity index (χ1v) is 6.90. The van der Waals surface area contributed by atoms with E-state index in [1.165, 1.54) is 12.1 Å². The second-order valence-electron chi connectivity index (χ2n) is 3.65. The lowest BCUT2D eigenvalue weighted by Crippen LogP contribution is -2.09. The Morgan fingerprint density at radius 2 is 1.90 bits per heavy atom. The minimum atomic E-state index is -4.13. The van der Waals surface area contributed by atoms with E-state index in [1.807, 2.05) is 10.8 Å². The Labute approximate surface area is 114 Å². The fraction of sp³-hybridized carbons (Fsp3) is 0. The highest BCUT2D eigenvalue weighted by Gasteiger charge is 2.00. The first-order chi connectivity index (χ1) is 9.54. The first-order valence-electron chi connectivity index (χ1n) is 5.46. The van der Waals surface area contributed by atoms with Crippen LogP contribution in [-0.2, 0) is 10.3 Å². The van der Waals surface area contributed by atoms with E-state index in [4.69, 9.17) is 4.55 Å². The van der Waals surface area contributed by atoms with Gasteiger partial charge in [-0.15, -0.1) is 10.2 Å². The number of nitrogens with one attached hydrogen (secondary N) is 2. The van der Waals surface area contributed by atoms with Gasteiger partial charge in [0, 0.05) is 6.20 Å². The van der Waals surface area contributed by atoms with Crippen LogP contribution in [0.15, 0.2) is 48.8 Å². The molecule has 8 nitrogen and oxygen atoms in total. The topological polar surface area (TPSA) is 121 Å². The Kier molecular flexibility index (Phi) is 4.23. The molecule has 3 aromatic rings. The fourth-order valence-corrected chi connectivity index (χ4v) is 1.81. The summed E-state index contributed by atoms with van der Waals surface area (Å²) in [5.74, 6) is 0. The number of H-pyrrole nitrogens is 1. The first kappa shape index (κ1) is 13.9. The van der Waals surface area contributed by atoms with Crippen LogP contribution in [0, 0.1) is 0 Å². The number of hydrogen-bond donors (Lipinski definition) is 3. The summed E-state index contributed by atoms with van der Waals surface area (Å²) in [4.78, 5) is 2.95. The summed E-state index contributed by atoms with van der Waals surface area (Å²) in [5, 5.41) is 10.8. The van der Waals surface area contributed by atoms with E-state index in [-0.39, 0.29) is 0 Å². The van der Waals surface area contributed by atoms with Crippen molar-refractivity contribution in [3.63, 3.8) is 0 Å². The molecule has 2 aromatic heterocycles. The van der Waals surface area contributed by atoms with E-state index in [1.54, 1.807) is 30.6 Å². The summed E-state index contributed by atoms with van der Waals surface area (Å²) in [7, 11) is -4.13. The maximum absolute atomic E-state index is 10.2. The molecule has 0 radical (unpaired) electrons. The molecule has 104 valence electrons. The van der Waals surface area contributed by atoms with E-state index >= 15 is 0 Å². The highest BCUT2D eigenvalue weighted by molar-refractivity contribution is 7.87. The number of aromatic nitrogens is 4. The minimum Gasteiger partial charge on any atom is -0.358 e. The molecular formula is C11H11N5O3S. The number of rotatable bonds is 2. The molecule has 0 unspecified atom stereocenters. The molecule has 1 aromatic carbocycles. The highest BCUT2D eigenvalue weighted by atomic mass is 32.2. The lowest BCUT2D eigenvalue weighted by Gasteiger charge is -1.99. The quantitative estimate of drug-likeness (QED) is 0.611. The van der Waals surface area contributed by atoms with E-state index in [2.05, 4.69) is 20.4 Å². The maximum Gasteiger partial charge on any atom is 0.357 e. The zero-order valence-corrected chi connectivity index (χ0v) is 10.9. The largest absolute Gasteiger partial charge is 0.358 e. The Morgan fingerprint density at radius 3 is 2.55 bits per heavy atom. The zero-order valence-electron chi connectivity index (χ0n) is 10.1. The van der Waals surface area contributed by atoms with Crippen LogP contribution in [-0.4, -0.2) is 33.4 Å². The van der Waals surface area contributed by atoms with Gasteiger partial charge < -0.3 is 4.98 Å². The molecular weight excluding hydrogens is 282 g/mol. The molecule has 0 spiro atoms. The van der Waals surface area contributed by atoms with Crippen molar-refractivity contribution in [2.75, 3.05) is 4.72 Å². The zero-order chi connectivity index (χ0) is 14.4. The monoisotopic (exact) mass is 293 g/mol. The third kappa shape index (κ3) is 4.30. The summed E-state index contributed by atoms with van der Waals surface area (Å²) in [5.41, 5.74) is 2.12. The Morgan fingerprint density at radius 1 is 1.15 bits per heavy atom. The molecule has 0 atom stereocenters. The van der Waals surface area contributed by atoms with Gasteiger partial charge in [0.25, 0.3) is 0 Å². The number of anilines is 1. The van der Waals surface area contributed by atoms with Gasteiger partial charge in [0.2, 0.25) is 0 Å². The average Bonchev–Trinajstić information content (AvgIpc) is 2.87. The average molecular weight is 293 g/mol. The summed E-state index contributed by atoms with van der Waals surface area (Å²) >= 11 is 0. The van der Waals surface area contributed by atoms with Crippen LogP contribution in [0.3, 0.4) is 0 Å². The Bertz CT molecular complexity index is 743. The lowest BCUT2D eigenvalue weighted by molar-refractivity contribution is 0.489. The van der Waals surface area contributed by atoms with Gasteiger partial charge in [-0.25, -0.2) is 0 Å². The van der Waals surface area contributed by atoms with Crippen LogP contribution in [0.1, 0.15) is 0 Å². The van der Waals surface area contributed by atoms with Crippen molar-refractivity contribution in [1.29, 1.82) is 0 Å². The lowest BCUT2D eigenvalue weighted by atomic mass is 10.3. The highest BCUT2D eigenvalue weighted by Crippen LogP contribution is 2.05. The Hall–Kier alpha value is -2.52. The van der Waals surface area contributed by atoms with Crippen LogP contribution in [0.4, 0.5) is 5.69 Å². The molecule has 2 heterocycles. The smallest absolute Gasteiger partial charge is 0.357 e. The van der Waals surface area contributed by atoms with Crippen molar-refractivity contribution in [3.05, 3.63) is 48.8 Å². The molecule has 0 amide bonds. The molecule has 3 rings (SSSR count). The van der Waals surface area contributed by atoms with Crippen molar-refractivity contribution in [2.45, 2.75) is 0 Å². The SMILES string of the molecule is O=S(=O)(O)Nc1ccccc1.c1cc2nnncc2[nH]1. The van der Waals surface area contributed by atoms with Crippen molar-refractivity contribution >= 4 is 27.0 Å². The molecule has 20 heavy (non-hydrogen) atoms. The molecule has 0 saturated heterocycles. The van der Waals surface area contributed by atoms with Gasteiger partial charge in [-0.2, -0.15) is 8.42 Å². The number of aromatic amines is 1. The van der Waals surface area contributed by atoms with Crippen molar-refractivity contribution < 1.29 is 13.0 Å². The van der Waals surface area contributed by atoms with E-state index in [0.717, 1.165) is 11.0 Å². The molecule has 0 aliphatic carbocycles. The molecule has 9 heteroatoms. The summed E-state index contributed by atoms with van der Waals surface area (Å²) < 4.78 is 30.7. The predicted octanol–water partition coefficient (Wildman–Crippen LogP) is 1.25. The number of benzene rings is 1. The maximum atomic E-state index is 10.2. The second-order valence-corrected chi connectivity index (χ2v) is 4.81. The minimum absolute atomic E-state index is 0.343. The van der Waals surface area contributed by atoms with Crippen molar-refractivity contribution in [2.24, 2.45) is 0 Å². The van der Waals surface area contributed by atoms with Gasteiger partial charge in [-0.05, 0) is 23.4 Å². The van der Waals surface area contributed by atoms with Gasteiger partial charge in [0.05, 0.1) is 17.4 Å². The standard InChI is InChI=1S/C6H7NO3S.C5H4N4/c8-11(9,10)7-6-4-2-1-3-5-6;1-2-6-5-3-7-9-8-4(1)5/h1-5,7H,(H,8,9,10);1-3,6H. The summed E-state index contributed by atoms with van der Waals surface area (Å²) in [6.45, 7) is 0. The van der Waals surface area contributed by atoms with Crippen molar-refractivity contribution in [3.8, 4) is 0 Å². The van der Waals surface area contributed by atoms with Crippen LogP contribution in [0.2, 0.25) is 0 Å². The fourth-order valence-electron chi connectivity index (χ4n) is 1.38. The van der Waals surface area contributed by atoms with Crippen LogP contribution < -0.4 is 4.72 Å².